The summed E-state index contributed by atoms with van der Waals surface area (Å²) in [5.74, 6) is 0.385. The maximum absolute atomic E-state index is 12.3. The lowest BCUT2D eigenvalue weighted by atomic mass is 9.81. The Bertz CT molecular complexity index is 492. The van der Waals surface area contributed by atoms with Crippen LogP contribution < -0.4 is 5.32 Å². The normalized spacial score (nSPS) is 26.0. The number of nitrogens with one attached hydrogen (secondary N) is 1. The predicted octanol–water partition coefficient (Wildman–Crippen LogP) is 2.32. The number of carbonyl (C=O) groups is 1. The molecule has 0 saturated heterocycles. The summed E-state index contributed by atoms with van der Waals surface area (Å²) in [6.07, 6.45) is 3.52. The highest BCUT2D eigenvalue weighted by Gasteiger charge is 2.44. The van der Waals surface area contributed by atoms with Gasteiger partial charge in [0.05, 0.1) is 7.11 Å². The molecule has 0 aliphatic heterocycles. The van der Waals surface area contributed by atoms with E-state index in [1.807, 2.05) is 13.8 Å². The van der Waals surface area contributed by atoms with E-state index in [1.54, 1.807) is 18.7 Å². The van der Waals surface area contributed by atoms with Crippen molar-refractivity contribution in [3.8, 4) is 0 Å². The van der Waals surface area contributed by atoms with Crippen LogP contribution in [0.5, 0.6) is 0 Å². The summed E-state index contributed by atoms with van der Waals surface area (Å²) in [5, 5.41) is 12.1. The van der Waals surface area contributed by atoms with Crippen LogP contribution in [0.2, 0.25) is 0 Å². The minimum atomic E-state index is -0.603. The molecule has 1 aromatic heterocycles. The molecule has 21 heavy (non-hydrogen) atoms. The zero-order valence-corrected chi connectivity index (χ0v) is 13.8. The van der Waals surface area contributed by atoms with E-state index in [0.29, 0.717) is 17.5 Å². The monoisotopic (exact) mass is 313 g/mol. The first-order valence-corrected chi connectivity index (χ1v) is 8.16. The van der Waals surface area contributed by atoms with Gasteiger partial charge >= 0.3 is 5.97 Å². The van der Waals surface area contributed by atoms with Crippen LogP contribution in [0.15, 0.2) is 9.64 Å². The zero-order valence-electron chi connectivity index (χ0n) is 13.0. The summed E-state index contributed by atoms with van der Waals surface area (Å²) in [5.41, 5.74) is -0.603. The van der Waals surface area contributed by atoms with Crippen molar-refractivity contribution >= 4 is 17.7 Å². The van der Waals surface area contributed by atoms with Gasteiger partial charge < -0.3 is 9.15 Å². The summed E-state index contributed by atoms with van der Waals surface area (Å²) in [6, 6.07) is 0.221. The minimum Gasteiger partial charge on any atom is -0.468 e. The number of nitrogens with zero attached hydrogens (tertiary/aromatic N) is 2. The third-order valence-electron chi connectivity index (χ3n) is 3.62. The Kier molecular flexibility index (Phi) is 5.27. The quantitative estimate of drug-likeness (QED) is 0.836. The highest BCUT2D eigenvalue weighted by Crippen LogP contribution is 2.38. The molecule has 1 aliphatic carbocycles. The van der Waals surface area contributed by atoms with Crippen LogP contribution in [-0.2, 0) is 9.53 Å². The van der Waals surface area contributed by atoms with Crippen molar-refractivity contribution in [2.24, 2.45) is 0 Å². The van der Waals surface area contributed by atoms with Gasteiger partial charge in [-0.3, -0.25) is 10.1 Å². The van der Waals surface area contributed by atoms with Gasteiger partial charge in [-0.1, -0.05) is 11.8 Å². The Hall–Kier alpha value is -1.08. The summed E-state index contributed by atoms with van der Waals surface area (Å²) in [4.78, 5) is 12.3. The number of hydrogen-bond acceptors (Lipinski definition) is 7. The van der Waals surface area contributed by atoms with Crippen molar-refractivity contribution in [2.75, 3.05) is 7.11 Å². The van der Waals surface area contributed by atoms with Crippen molar-refractivity contribution in [1.29, 1.82) is 0 Å². The van der Waals surface area contributed by atoms with Gasteiger partial charge in [-0.2, -0.15) is 0 Å². The van der Waals surface area contributed by atoms with E-state index < -0.39 is 5.54 Å². The molecule has 2 rings (SSSR count). The average Bonchev–Trinajstić information content (AvgIpc) is 2.82. The van der Waals surface area contributed by atoms with Crippen molar-refractivity contribution in [1.82, 2.24) is 15.5 Å². The fourth-order valence-electron chi connectivity index (χ4n) is 2.92. The molecule has 2 unspecified atom stereocenters. The molecule has 0 bridgehead atoms. The first-order valence-electron chi connectivity index (χ1n) is 7.28. The summed E-state index contributed by atoms with van der Waals surface area (Å²) in [7, 11) is 1.45. The van der Waals surface area contributed by atoms with E-state index in [2.05, 4.69) is 15.5 Å². The lowest BCUT2D eigenvalue weighted by Crippen LogP contribution is -2.58. The Morgan fingerprint density at radius 1 is 1.52 bits per heavy atom. The number of ether oxygens (including phenoxy) is 1. The molecule has 0 aromatic carbocycles. The fraction of sp³-hybridized carbons (Fsp3) is 0.786. The lowest BCUT2D eigenvalue weighted by molar-refractivity contribution is -0.150. The molecule has 1 aromatic rings. The molecular formula is C14H23N3O3S. The standard InChI is InChI=1S/C14H23N3O3S/c1-9(2)15-14(12(18)19-4)7-5-6-11(8-14)21-13-17-16-10(3)20-13/h9,11,15H,5-8H2,1-4H3. The smallest absolute Gasteiger partial charge is 0.326 e. The SMILES string of the molecule is COC(=O)C1(NC(C)C)CCCC(Sc2nnc(C)o2)C1. The van der Waals surface area contributed by atoms with E-state index in [0.717, 1.165) is 19.3 Å². The number of hydrogen-bond donors (Lipinski definition) is 1. The molecule has 1 aliphatic rings. The minimum absolute atomic E-state index is 0.178. The van der Waals surface area contributed by atoms with Crippen molar-refractivity contribution in [3.05, 3.63) is 5.89 Å². The Labute approximate surface area is 129 Å². The third-order valence-corrected chi connectivity index (χ3v) is 4.72. The van der Waals surface area contributed by atoms with Gasteiger partial charge in [-0.15, -0.1) is 10.2 Å². The molecule has 1 N–H and O–H groups in total. The molecule has 118 valence electrons. The third kappa shape index (κ3) is 3.97. The zero-order chi connectivity index (χ0) is 15.5. The Balaban J connectivity index is 2.10. The number of aryl methyl sites for hydroxylation is 1. The Morgan fingerprint density at radius 2 is 2.29 bits per heavy atom. The second kappa shape index (κ2) is 6.79. The van der Waals surface area contributed by atoms with Crippen molar-refractivity contribution < 1.29 is 13.9 Å². The largest absolute Gasteiger partial charge is 0.468 e. The van der Waals surface area contributed by atoms with Crippen LogP contribution in [0.25, 0.3) is 0 Å². The number of aromatic nitrogens is 2. The summed E-state index contributed by atoms with van der Waals surface area (Å²) < 4.78 is 10.5. The molecule has 0 radical (unpaired) electrons. The van der Waals surface area contributed by atoms with Gasteiger partial charge in [0.1, 0.15) is 5.54 Å². The molecule has 2 atom stereocenters. The van der Waals surface area contributed by atoms with Crippen LogP contribution in [0.4, 0.5) is 0 Å². The first-order chi connectivity index (χ1) is 9.95. The average molecular weight is 313 g/mol. The van der Waals surface area contributed by atoms with E-state index in [4.69, 9.17) is 9.15 Å². The molecule has 0 spiro atoms. The van der Waals surface area contributed by atoms with Crippen LogP contribution >= 0.6 is 11.8 Å². The maximum atomic E-state index is 12.3. The van der Waals surface area contributed by atoms with E-state index in [1.165, 1.54) is 7.11 Å². The summed E-state index contributed by atoms with van der Waals surface area (Å²) >= 11 is 1.55. The molecule has 6 nitrogen and oxygen atoms in total. The summed E-state index contributed by atoms with van der Waals surface area (Å²) in [6.45, 7) is 5.86. The van der Waals surface area contributed by atoms with Crippen LogP contribution in [0, 0.1) is 6.92 Å². The van der Waals surface area contributed by atoms with E-state index >= 15 is 0 Å². The molecule has 1 saturated carbocycles. The van der Waals surface area contributed by atoms with E-state index in [-0.39, 0.29) is 17.3 Å². The predicted molar refractivity (Wildman–Crippen MR) is 80.2 cm³/mol. The van der Waals surface area contributed by atoms with Crippen LogP contribution in [0.3, 0.4) is 0 Å². The highest BCUT2D eigenvalue weighted by molar-refractivity contribution is 7.99. The number of rotatable bonds is 5. The topological polar surface area (TPSA) is 77.2 Å². The maximum Gasteiger partial charge on any atom is 0.326 e. The van der Waals surface area contributed by atoms with Crippen LogP contribution in [-0.4, -0.2) is 40.1 Å². The highest BCUT2D eigenvalue weighted by atomic mass is 32.2. The number of esters is 1. The van der Waals surface area contributed by atoms with Crippen molar-refractivity contribution in [2.45, 2.75) is 68.5 Å². The van der Waals surface area contributed by atoms with Gasteiger partial charge in [0, 0.05) is 18.2 Å². The molecule has 1 fully saturated rings. The van der Waals surface area contributed by atoms with Gasteiger partial charge in [-0.25, -0.2) is 0 Å². The fourth-order valence-corrected chi connectivity index (χ4v) is 4.11. The molecule has 7 heteroatoms. The molecule has 1 heterocycles. The lowest BCUT2D eigenvalue weighted by Gasteiger charge is -2.40. The number of methoxy groups -OCH3 is 1. The van der Waals surface area contributed by atoms with Crippen molar-refractivity contribution in [3.63, 3.8) is 0 Å². The van der Waals surface area contributed by atoms with Gasteiger partial charge in [-0.05, 0) is 39.5 Å². The van der Waals surface area contributed by atoms with E-state index in [9.17, 15) is 4.79 Å². The molecule has 0 amide bonds. The second-order valence-corrected chi connectivity index (χ2v) is 7.05. The second-order valence-electron chi connectivity index (χ2n) is 5.80. The van der Waals surface area contributed by atoms with Gasteiger partial charge in [0.15, 0.2) is 0 Å². The first kappa shape index (κ1) is 16.3. The Morgan fingerprint density at radius 3 is 2.86 bits per heavy atom. The van der Waals surface area contributed by atoms with Crippen LogP contribution in [0.1, 0.15) is 45.4 Å². The number of carbonyl (C=O) groups excluding carboxylic acids is 1. The van der Waals surface area contributed by atoms with Gasteiger partial charge in [0.2, 0.25) is 5.89 Å². The number of thioether (sulfide) groups is 1. The molecular weight excluding hydrogens is 290 g/mol. The van der Waals surface area contributed by atoms with Gasteiger partial charge in [0.25, 0.3) is 5.22 Å².